The van der Waals surface area contributed by atoms with Crippen LogP contribution in [0.3, 0.4) is 0 Å². The van der Waals surface area contributed by atoms with Crippen molar-refractivity contribution in [1.82, 2.24) is 4.90 Å². The molecule has 0 bridgehead atoms. The Balaban J connectivity index is 1.61. The van der Waals surface area contributed by atoms with Crippen LogP contribution in [-0.2, 0) is 16.1 Å². The van der Waals surface area contributed by atoms with Gasteiger partial charge in [0.1, 0.15) is 23.4 Å². The first-order chi connectivity index (χ1) is 16.9. The lowest BCUT2D eigenvalue weighted by Gasteiger charge is -2.22. The van der Waals surface area contributed by atoms with Gasteiger partial charge in [0, 0.05) is 18.3 Å². The highest BCUT2D eigenvalue weighted by Gasteiger charge is 2.46. The number of ether oxygens (including phenoxy) is 2. The van der Waals surface area contributed by atoms with E-state index in [1.54, 1.807) is 61.7 Å². The van der Waals surface area contributed by atoms with E-state index in [9.17, 15) is 18.8 Å². The van der Waals surface area contributed by atoms with Gasteiger partial charge in [-0.05, 0) is 48.0 Å². The summed E-state index contributed by atoms with van der Waals surface area (Å²) in [5.74, 6) is -0.418. The Hall–Kier alpha value is -4.40. The van der Waals surface area contributed by atoms with Gasteiger partial charge in [-0.3, -0.25) is 9.59 Å². The molecular weight excluding hydrogens is 453 g/mol. The van der Waals surface area contributed by atoms with Crippen molar-refractivity contribution in [1.29, 1.82) is 0 Å². The number of nitrogens with one attached hydrogen (secondary N) is 1. The van der Waals surface area contributed by atoms with Crippen molar-refractivity contribution in [2.75, 3.05) is 24.4 Å². The van der Waals surface area contributed by atoms with Crippen molar-refractivity contribution in [2.45, 2.75) is 19.0 Å². The Labute approximate surface area is 201 Å². The SMILES string of the molecule is COc1ccc(CN2C(=O)N(c3cccc(OC)c3)C(=O)[C@@H]2CC(=O)Nc2cccc(F)c2)cc1. The summed E-state index contributed by atoms with van der Waals surface area (Å²) in [4.78, 5) is 42.0. The Bertz CT molecular complexity index is 1250. The van der Waals surface area contributed by atoms with Crippen molar-refractivity contribution >= 4 is 29.2 Å². The second kappa shape index (κ2) is 10.3. The fraction of sp³-hybridized carbons (Fsp3) is 0.192. The number of urea groups is 1. The zero-order chi connectivity index (χ0) is 24.9. The maximum Gasteiger partial charge on any atom is 0.332 e. The molecular formula is C26H24FN3O5. The van der Waals surface area contributed by atoms with Crippen LogP contribution in [0, 0.1) is 5.82 Å². The molecule has 1 heterocycles. The molecule has 0 radical (unpaired) electrons. The van der Waals surface area contributed by atoms with Gasteiger partial charge in [-0.2, -0.15) is 0 Å². The molecule has 1 atom stereocenters. The number of amides is 4. The normalized spacial score (nSPS) is 15.3. The molecule has 0 spiro atoms. The standard InChI is InChI=1S/C26H24FN3O5/c1-34-21-11-9-17(10-12-21)16-29-23(15-24(31)28-19-6-3-5-18(27)13-19)25(32)30(26(29)33)20-7-4-8-22(14-20)35-2/h3-14,23H,15-16H2,1-2H3,(H,28,31)/t23-/m0/s1. The van der Waals surface area contributed by atoms with Gasteiger partial charge in [0.05, 0.1) is 26.3 Å². The van der Waals surface area contributed by atoms with Gasteiger partial charge in [-0.25, -0.2) is 14.1 Å². The van der Waals surface area contributed by atoms with Crippen LogP contribution in [0.25, 0.3) is 0 Å². The topological polar surface area (TPSA) is 88.2 Å². The average molecular weight is 477 g/mol. The lowest BCUT2D eigenvalue weighted by Crippen LogP contribution is -2.37. The molecule has 3 aromatic carbocycles. The van der Waals surface area contributed by atoms with Gasteiger partial charge in [0.25, 0.3) is 5.91 Å². The zero-order valence-electron chi connectivity index (χ0n) is 19.2. The average Bonchev–Trinajstić information content (AvgIpc) is 3.08. The third-order valence-corrected chi connectivity index (χ3v) is 5.63. The Kier molecular flexibility index (Phi) is 6.96. The van der Waals surface area contributed by atoms with Gasteiger partial charge < -0.3 is 19.7 Å². The summed E-state index contributed by atoms with van der Waals surface area (Å²) in [7, 11) is 3.04. The van der Waals surface area contributed by atoms with Crippen LogP contribution in [-0.4, -0.2) is 43.0 Å². The van der Waals surface area contributed by atoms with Gasteiger partial charge in [0.15, 0.2) is 0 Å². The lowest BCUT2D eigenvalue weighted by molar-refractivity contribution is -0.124. The fourth-order valence-electron chi connectivity index (χ4n) is 3.88. The molecule has 0 saturated carbocycles. The molecule has 0 aliphatic carbocycles. The van der Waals surface area contributed by atoms with Gasteiger partial charge >= 0.3 is 6.03 Å². The highest BCUT2D eigenvalue weighted by molar-refractivity contribution is 6.22. The predicted molar refractivity (Wildman–Crippen MR) is 128 cm³/mol. The molecule has 1 aliphatic heterocycles. The number of hydrogen-bond donors (Lipinski definition) is 1. The van der Waals surface area contributed by atoms with Crippen LogP contribution in [0.1, 0.15) is 12.0 Å². The minimum absolute atomic E-state index is 0.104. The van der Waals surface area contributed by atoms with E-state index in [1.165, 1.54) is 30.2 Å². The molecule has 1 N–H and O–H groups in total. The largest absolute Gasteiger partial charge is 0.497 e. The fourth-order valence-corrected chi connectivity index (χ4v) is 3.88. The van der Waals surface area contributed by atoms with Crippen LogP contribution < -0.4 is 19.7 Å². The highest BCUT2D eigenvalue weighted by atomic mass is 19.1. The van der Waals surface area contributed by atoms with E-state index in [2.05, 4.69) is 5.32 Å². The number of benzene rings is 3. The van der Waals surface area contributed by atoms with Crippen LogP contribution >= 0.6 is 0 Å². The third kappa shape index (κ3) is 5.24. The van der Waals surface area contributed by atoms with Crippen molar-refractivity contribution in [2.24, 2.45) is 0 Å². The number of hydrogen-bond acceptors (Lipinski definition) is 5. The first-order valence-electron chi connectivity index (χ1n) is 10.9. The second-order valence-corrected chi connectivity index (χ2v) is 7.91. The number of carbonyl (C=O) groups is 3. The van der Waals surface area contributed by atoms with E-state index < -0.39 is 29.7 Å². The number of rotatable bonds is 8. The monoisotopic (exact) mass is 477 g/mol. The minimum Gasteiger partial charge on any atom is -0.497 e. The Morgan fingerprint density at radius 2 is 1.66 bits per heavy atom. The van der Waals surface area contributed by atoms with Gasteiger partial charge in [0.2, 0.25) is 5.91 Å². The summed E-state index contributed by atoms with van der Waals surface area (Å²) in [6.07, 6.45) is -0.294. The van der Waals surface area contributed by atoms with Crippen molar-refractivity contribution in [3.05, 3.63) is 84.2 Å². The summed E-state index contributed by atoms with van der Waals surface area (Å²) in [5, 5.41) is 2.59. The molecule has 35 heavy (non-hydrogen) atoms. The van der Waals surface area contributed by atoms with E-state index in [0.717, 1.165) is 10.5 Å². The maximum absolute atomic E-state index is 13.5. The molecule has 1 fully saturated rings. The molecule has 0 aromatic heterocycles. The van der Waals surface area contributed by atoms with Gasteiger partial charge in [-0.15, -0.1) is 0 Å². The van der Waals surface area contributed by atoms with E-state index in [-0.39, 0.29) is 18.7 Å². The molecule has 0 unspecified atom stereocenters. The zero-order valence-corrected chi connectivity index (χ0v) is 19.2. The number of methoxy groups -OCH3 is 2. The summed E-state index contributed by atoms with van der Waals surface area (Å²) in [6.45, 7) is 0.104. The van der Waals surface area contributed by atoms with Crippen molar-refractivity contribution in [3.63, 3.8) is 0 Å². The first-order valence-corrected chi connectivity index (χ1v) is 10.9. The second-order valence-electron chi connectivity index (χ2n) is 7.91. The van der Waals surface area contributed by atoms with E-state index >= 15 is 0 Å². The third-order valence-electron chi connectivity index (χ3n) is 5.63. The first kappa shape index (κ1) is 23.7. The van der Waals surface area contributed by atoms with Crippen molar-refractivity contribution < 1.29 is 28.2 Å². The maximum atomic E-state index is 13.5. The number of imide groups is 1. The minimum atomic E-state index is -1.05. The summed E-state index contributed by atoms with van der Waals surface area (Å²) in [6, 6.07) is 17.5. The number of halogens is 1. The molecule has 1 aliphatic rings. The summed E-state index contributed by atoms with van der Waals surface area (Å²) in [5.41, 5.74) is 1.36. The predicted octanol–water partition coefficient (Wildman–Crippen LogP) is 4.21. The summed E-state index contributed by atoms with van der Waals surface area (Å²) >= 11 is 0. The van der Waals surface area contributed by atoms with E-state index in [0.29, 0.717) is 17.2 Å². The van der Waals surface area contributed by atoms with Crippen molar-refractivity contribution in [3.8, 4) is 11.5 Å². The van der Waals surface area contributed by atoms with Gasteiger partial charge in [-0.1, -0.05) is 24.3 Å². The van der Waals surface area contributed by atoms with Crippen LogP contribution in [0.5, 0.6) is 11.5 Å². The number of anilines is 2. The molecule has 8 nitrogen and oxygen atoms in total. The molecule has 180 valence electrons. The smallest absolute Gasteiger partial charge is 0.332 e. The quantitative estimate of drug-likeness (QED) is 0.491. The number of nitrogens with zero attached hydrogens (tertiary/aromatic N) is 2. The van der Waals surface area contributed by atoms with Crippen LogP contribution in [0.4, 0.5) is 20.6 Å². The number of carbonyl (C=O) groups excluding carboxylic acids is 3. The molecule has 1 saturated heterocycles. The lowest BCUT2D eigenvalue weighted by atomic mass is 10.1. The van der Waals surface area contributed by atoms with Crippen LogP contribution in [0.15, 0.2) is 72.8 Å². The molecule has 3 aromatic rings. The summed E-state index contributed by atoms with van der Waals surface area (Å²) < 4.78 is 23.9. The molecule has 9 heteroatoms. The molecule has 4 rings (SSSR count). The van der Waals surface area contributed by atoms with E-state index in [4.69, 9.17) is 9.47 Å². The Morgan fingerprint density at radius 1 is 0.943 bits per heavy atom. The highest BCUT2D eigenvalue weighted by Crippen LogP contribution is 2.31. The Morgan fingerprint density at radius 3 is 2.34 bits per heavy atom. The van der Waals surface area contributed by atoms with Crippen LogP contribution in [0.2, 0.25) is 0 Å². The van der Waals surface area contributed by atoms with E-state index in [1.807, 2.05) is 0 Å². The molecule has 4 amide bonds.